The summed E-state index contributed by atoms with van der Waals surface area (Å²) in [6, 6.07) is 4.43. The number of rotatable bonds is 2. The zero-order valence-electron chi connectivity index (χ0n) is 9.54. The molecule has 0 bridgehead atoms. The van der Waals surface area contributed by atoms with Crippen molar-refractivity contribution < 1.29 is 14.3 Å². The fraction of sp³-hybridized carbons (Fsp3) is 0.154. The lowest BCUT2D eigenvalue weighted by molar-refractivity contribution is -0.131. The summed E-state index contributed by atoms with van der Waals surface area (Å²) in [5, 5.41) is 9.45. The third-order valence-electron chi connectivity index (χ3n) is 2.68. The molecule has 17 heavy (non-hydrogen) atoms. The summed E-state index contributed by atoms with van der Waals surface area (Å²) in [5.74, 6) is -1.34. The van der Waals surface area contributed by atoms with Crippen LogP contribution in [0.2, 0.25) is 0 Å². The lowest BCUT2D eigenvalue weighted by Crippen LogP contribution is -1.91. The Morgan fingerprint density at radius 1 is 1.47 bits per heavy atom. The molecule has 88 valence electrons. The third kappa shape index (κ3) is 2.06. The monoisotopic (exact) mass is 233 g/mol. The Balaban J connectivity index is 2.72. The maximum atomic E-state index is 13.2. The molecule has 0 aliphatic carbocycles. The number of aromatic amines is 1. The van der Waals surface area contributed by atoms with Gasteiger partial charge in [-0.05, 0) is 37.6 Å². The molecule has 0 atom stereocenters. The number of allylic oxidation sites excluding steroid dienone is 1. The average Bonchev–Trinajstić information content (AvgIpc) is 2.52. The number of aromatic nitrogens is 1. The highest BCUT2D eigenvalue weighted by Crippen LogP contribution is 2.28. The van der Waals surface area contributed by atoms with Crippen LogP contribution < -0.4 is 0 Å². The Labute approximate surface area is 97.6 Å². The Morgan fingerprint density at radius 2 is 2.18 bits per heavy atom. The number of nitrogens with one attached hydrogen (secondary N) is 1. The fourth-order valence-corrected chi connectivity index (χ4v) is 2.06. The second-order valence-electron chi connectivity index (χ2n) is 3.98. The van der Waals surface area contributed by atoms with Crippen molar-refractivity contribution in [1.82, 2.24) is 4.98 Å². The largest absolute Gasteiger partial charge is 0.478 e. The summed E-state index contributed by atoms with van der Waals surface area (Å²) in [6.45, 7) is 3.54. The molecule has 4 heteroatoms. The van der Waals surface area contributed by atoms with Crippen molar-refractivity contribution >= 4 is 22.4 Å². The van der Waals surface area contributed by atoms with Crippen LogP contribution in [0.4, 0.5) is 4.39 Å². The van der Waals surface area contributed by atoms with Gasteiger partial charge in [0.1, 0.15) is 5.82 Å². The van der Waals surface area contributed by atoms with E-state index in [-0.39, 0.29) is 5.82 Å². The first kappa shape index (κ1) is 11.4. The number of carboxylic acids is 1. The van der Waals surface area contributed by atoms with Crippen LogP contribution in [0, 0.1) is 12.7 Å². The van der Waals surface area contributed by atoms with E-state index in [1.165, 1.54) is 12.1 Å². The molecule has 0 aliphatic rings. The van der Waals surface area contributed by atoms with Gasteiger partial charge in [-0.3, -0.25) is 0 Å². The van der Waals surface area contributed by atoms with Crippen molar-refractivity contribution in [2.45, 2.75) is 13.8 Å². The number of halogens is 1. The summed E-state index contributed by atoms with van der Waals surface area (Å²) < 4.78 is 13.2. The van der Waals surface area contributed by atoms with E-state index in [0.29, 0.717) is 11.0 Å². The molecule has 1 aromatic heterocycles. The Bertz CT molecular complexity index is 626. The maximum Gasteiger partial charge on any atom is 0.328 e. The molecule has 2 N–H and O–H groups in total. The molecular weight excluding hydrogens is 221 g/mol. The van der Waals surface area contributed by atoms with Gasteiger partial charge >= 0.3 is 5.97 Å². The maximum absolute atomic E-state index is 13.2. The number of aliphatic carboxylic acids is 1. The van der Waals surface area contributed by atoms with E-state index in [1.807, 2.05) is 6.92 Å². The van der Waals surface area contributed by atoms with Gasteiger partial charge in [0, 0.05) is 28.2 Å². The van der Waals surface area contributed by atoms with Gasteiger partial charge in [0.25, 0.3) is 0 Å². The molecule has 0 amide bonds. The number of aryl methyl sites for hydroxylation is 1. The van der Waals surface area contributed by atoms with Crippen molar-refractivity contribution in [3.8, 4) is 0 Å². The van der Waals surface area contributed by atoms with E-state index in [9.17, 15) is 9.18 Å². The van der Waals surface area contributed by atoms with Gasteiger partial charge in [0.05, 0.1) is 0 Å². The Morgan fingerprint density at radius 3 is 2.82 bits per heavy atom. The minimum atomic E-state index is -1.01. The lowest BCUT2D eigenvalue weighted by atomic mass is 10.0. The minimum absolute atomic E-state index is 0.333. The second kappa shape index (κ2) is 4.05. The van der Waals surface area contributed by atoms with E-state index >= 15 is 0 Å². The van der Waals surface area contributed by atoms with Gasteiger partial charge in [-0.1, -0.05) is 0 Å². The first-order valence-electron chi connectivity index (χ1n) is 5.18. The summed E-state index contributed by atoms with van der Waals surface area (Å²) in [7, 11) is 0. The van der Waals surface area contributed by atoms with Gasteiger partial charge in [-0.2, -0.15) is 0 Å². The molecule has 3 nitrogen and oxygen atoms in total. The molecule has 2 rings (SSSR count). The van der Waals surface area contributed by atoms with Crippen LogP contribution in [0.1, 0.15) is 18.2 Å². The van der Waals surface area contributed by atoms with Crippen molar-refractivity contribution in [1.29, 1.82) is 0 Å². The van der Waals surface area contributed by atoms with E-state index in [4.69, 9.17) is 5.11 Å². The smallest absolute Gasteiger partial charge is 0.328 e. The Kier molecular flexibility index (Phi) is 2.71. The van der Waals surface area contributed by atoms with Crippen LogP contribution in [-0.2, 0) is 4.79 Å². The molecule has 2 aromatic rings. The van der Waals surface area contributed by atoms with Crippen molar-refractivity contribution in [2.75, 3.05) is 0 Å². The highest BCUT2D eigenvalue weighted by atomic mass is 19.1. The number of H-pyrrole nitrogens is 1. The quantitative estimate of drug-likeness (QED) is 0.783. The molecule has 1 heterocycles. The lowest BCUT2D eigenvalue weighted by Gasteiger charge is -2.00. The van der Waals surface area contributed by atoms with Crippen LogP contribution in [0.15, 0.2) is 24.3 Å². The molecule has 0 aliphatic heterocycles. The summed E-state index contributed by atoms with van der Waals surface area (Å²) in [6.07, 6.45) is 1.13. The number of hydrogen-bond acceptors (Lipinski definition) is 1. The number of carbonyl (C=O) groups is 1. The van der Waals surface area contributed by atoms with E-state index in [1.54, 1.807) is 13.0 Å². The van der Waals surface area contributed by atoms with Gasteiger partial charge < -0.3 is 10.1 Å². The van der Waals surface area contributed by atoms with Crippen LogP contribution in [-0.4, -0.2) is 16.1 Å². The van der Waals surface area contributed by atoms with Crippen molar-refractivity contribution in [3.63, 3.8) is 0 Å². The van der Waals surface area contributed by atoms with Crippen LogP contribution in [0.3, 0.4) is 0 Å². The Hall–Kier alpha value is -2.10. The summed E-state index contributed by atoms with van der Waals surface area (Å²) in [5.41, 5.74) is 2.99. The number of fused-ring (bicyclic) bond motifs is 1. The van der Waals surface area contributed by atoms with Gasteiger partial charge in [0.2, 0.25) is 0 Å². The first-order chi connectivity index (χ1) is 7.99. The zero-order valence-corrected chi connectivity index (χ0v) is 9.54. The van der Waals surface area contributed by atoms with Gasteiger partial charge in [-0.15, -0.1) is 0 Å². The topological polar surface area (TPSA) is 53.1 Å². The van der Waals surface area contributed by atoms with Crippen molar-refractivity contribution in [3.05, 3.63) is 41.3 Å². The third-order valence-corrected chi connectivity index (χ3v) is 2.68. The first-order valence-corrected chi connectivity index (χ1v) is 5.18. The minimum Gasteiger partial charge on any atom is -0.478 e. The second-order valence-corrected chi connectivity index (χ2v) is 3.98. The number of hydrogen-bond donors (Lipinski definition) is 2. The normalized spacial score (nSPS) is 12.1. The van der Waals surface area contributed by atoms with E-state index in [0.717, 1.165) is 22.9 Å². The van der Waals surface area contributed by atoms with Crippen LogP contribution in [0.5, 0.6) is 0 Å². The highest BCUT2D eigenvalue weighted by molar-refractivity contribution is 5.98. The van der Waals surface area contributed by atoms with Gasteiger partial charge in [0.15, 0.2) is 0 Å². The standard InChI is InChI=1S/C13H12FNO2/c1-7(5-12(16)17)13-8(2)15-11-4-3-9(14)6-10(11)13/h3-6,15H,1-2H3,(H,16,17)/b7-5+. The fourth-order valence-electron chi connectivity index (χ4n) is 2.06. The van der Waals surface area contributed by atoms with Gasteiger partial charge in [-0.25, -0.2) is 9.18 Å². The number of benzene rings is 1. The van der Waals surface area contributed by atoms with Crippen molar-refractivity contribution in [2.24, 2.45) is 0 Å². The van der Waals surface area contributed by atoms with Crippen LogP contribution in [0.25, 0.3) is 16.5 Å². The molecule has 0 fully saturated rings. The van der Waals surface area contributed by atoms with Crippen LogP contribution >= 0.6 is 0 Å². The molecule has 0 saturated heterocycles. The molecule has 0 saturated carbocycles. The van der Waals surface area contributed by atoms with E-state index in [2.05, 4.69) is 4.98 Å². The molecule has 0 unspecified atom stereocenters. The summed E-state index contributed by atoms with van der Waals surface area (Å²) >= 11 is 0. The predicted octanol–water partition coefficient (Wildman–Crippen LogP) is 3.10. The average molecular weight is 233 g/mol. The predicted molar refractivity (Wildman–Crippen MR) is 64.3 cm³/mol. The highest BCUT2D eigenvalue weighted by Gasteiger charge is 2.11. The number of carboxylic acid groups (broad SMARTS) is 1. The zero-order chi connectivity index (χ0) is 12.6. The molecule has 0 spiro atoms. The summed E-state index contributed by atoms with van der Waals surface area (Å²) in [4.78, 5) is 13.8. The van der Waals surface area contributed by atoms with E-state index < -0.39 is 5.97 Å². The SMILES string of the molecule is C/C(=C\C(=O)O)c1c(C)[nH]c2ccc(F)cc12. The molecule has 1 aromatic carbocycles. The molecule has 0 radical (unpaired) electrons. The molecular formula is C13H12FNO2.